The first-order valence-electron chi connectivity index (χ1n) is 9.74. The number of ether oxygens (including phenoxy) is 1. The summed E-state index contributed by atoms with van der Waals surface area (Å²) in [5.41, 5.74) is 2.98. The van der Waals surface area contributed by atoms with Gasteiger partial charge in [-0.1, -0.05) is 43.2 Å². The molecular weight excluding hydrogens is 340 g/mol. The lowest BCUT2D eigenvalue weighted by molar-refractivity contribution is 0.00959. The molecular formula is C22H24N2O3. The summed E-state index contributed by atoms with van der Waals surface area (Å²) < 4.78 is 14.4. The molecule has 1 aliphatic heterocycles. The van der Waals surface area contributed by atoms with Crippen LogP contribution in [0.5, 0.6) is 0 Å². The maximum atomic E-state index is 9.42. The zero-order chi connectivity index (χ0) is 18.3. The minimum Gasteiger partial charge on any atom is -0.457 e. The van der Waals surface area contributed by atoms with Gasteiger partial charge in [-0.25, -0.2) is 4.98 Å². The molecule has 5 heteroatoms. The van der Waals surface area contributed by atoms with E-state index < -0.39 is 0 Å². The highest BCUT2D eigenvalue weighted by molar-refractivity contribution is 5.76. The minimum absolute atomic E-state index is 0.0541. The smallest absolute Gasteiger partial charge is 0.153 e. The van der Waals surface area contributed by atoms with Crippen LogP contribution in [0.4, 0.5) is 0 Å². The van der Waals surface area contributed by atoms with Crippen molar-refractivity contribution in [1.29, 1.82) is 0 Å². The fourth-order valence-electron chi connectivity index (χ4n) is 4.65. The van der Waals surface area contributed by atoms with E-state index in [1.165, 1.54) is 12.8 Å². The fraction of sp³-hybridized carbons (Fsp3) is 0.409. The minimum atomic E-state index is -0.107. The van der Waals surface area contributed by atoms with Gasteiger partial charge >= 0.3 is 0 Å². The van der Waals surface area contributed by atoms with Crippen molar-refractivity contribution in [3.05, 3.63) is 54.6 Å². The number of rotatable bonds is 4. The van der Waals surface area contributed by atoms with Crippen LogP contribution < -0.4 is 0 Å². The Balaban J connectivity index is 1.58. The second-order valence-corrected chi connectivity index (χ2v) is 7.70. The van der Waals surface area contributed by atoms with Gasteiger partial charge in [0.05, 0.1) is 30.3 Å². The number of hydrogen-bond acceptors (Lipinski definition) is 4. The van der Waals surface area contributed by atoms with Crippen molar-refractivity contribution in [2.24, 2.45) is 0 Å². The molecule has 0 bridgehead atoms. The monoisotopic (exact) mass is 364 g/mol. The lowest BCUT2D eigenvalue weighted by Gasteiger charge is -2.22. The summed E-state index contributed by atoms with van der Waals surface area (Å²) in [5.74, 6) is 1.30. The number of aliphatic hydroxyl groups is 1. The van der Waals surface area contributed by atoms with Gasteiger partial charge in [0.25, 0.3) is 0 Å². The molecule has 140 valence electrons. The number of benzene rings is 1. The van der Waals surface area contributed by atoms with Crippen molar-refractivity contribution in [2.45, 2.75) is 50.4 Å². The van der Waals surface area contributed by atoms with Crippen LogP contribution in [0.2, 0.25) is 0 Å². The van der Waals surface area contributed by atoms with Crippen molar-refractivity contribution in [2.75, 3.05) is 6.61 Å². The van der Waals surface area contributed by atoms with E-state index in [1.54, 1.807) is 0 Å². The number of imidazole rings is 1. The van der Waals surface area contributed by atoms with E-state index in [1.807, 2.05) is 36.7 Å². The summed E-state index contributed by atoms with van der Waals surface area (Å²) >= 11 is 0. The molecule has 1 aromatic carbocycles. The number of aliphatic hydroxyl groups excluding tert-OH is 1. The molecule has 5 nitrogen and oxygen atoms in total. The molecule has 1 spiro atoms. The third kappa shape index (κ3) is 2.91. The highest BCUT2D eigenvalue weighted by Gasteiger charge is 2.43. The van der Waals surface area contributed by atoms with Crippen LogP contribution in [0.1, 0.15) is 43.9 Å². The third-order valence-corrected chi connectivity index (χ3v) is 5.99. The summed E-state index contributed by atoms with van der Waals surface area (Å²) in [5, 5.41) is 9.42. The van der Waals surface area contributed by atoms with Gasteiger partial charge in [0.1, 0.15) is 18.1 Å². The van der Waals surface area contributed by atoms with Gasteiger partial charge in [-0.15, -0.1) is 0 Å². The number of furan rings is 1. The van der Waals surface area contributed by atoms with Crippen LogP contribution in [0.3, 0.4) is 0 Å². The summed E-state index contributed by atoms with van der Waals surface area (Å²) in [4.78, 5) is 4.74. The average Bonchev–Trinajstić information content (AvgIpc) is 3.50. The lowest BCUT2D eigenvalue weighted by Crippen LogP contribution is -2.23. The van der Waals surface area contributed by atoms with Crippen LogP contribution in [0, 0.1) is 0 Å². The third-order valence-electron chi connectivity index (χ3n) is 5.99. The van der Waals surface area contributed by atoms with Gasteiger partial charge in [0.15, 0.2) is 5.76 Å². The second-order valence-electron chi connectivity index (χ2n) is 7.70. The molecule has 2 aliphatic rings. The molecule has 1 saturated carbocycles. The fourth-order valence-corrected chi connectivity index (χ4v) is 4.65. The molecule has 27 heavy (non-hydrogen) atoms. The van der Waals surface area contributed by atoms with Gasteiger partial charge < -0.3 is 18.8 Å². The number of aromatic nitrogens is 2. The molecule has 3 heterocycles. The lowest BCUT2D eigenvalue weighted by atomic mass is 9.96. The predicted molar refractivity (Wildman–Crippen MR) is 102 cm³/mol. The first kappa shape index (κ1) is 16.8. The Bertz CT molecular complexity index is 922. The van der Waals surface area contributed by atoms with Crippen molar-refractivity contribution < 1.29 is 14.3 Å². The van der Waals surface area contributed by atoms with Gasteiger partial charge in [0, 0.05) is 5.56 Å². The number of nitrogens with zero attached hydrogens (tertiary/aromatic N) is 2. The molecule has 5 rings (SSSR count). The Kier molecular flexibility index (Phi) is 4.14. The normalized spacial score (nSPS) is 21.3. The van der Waals surface area contributed by atoms with E-state index in [2.05, 4.69) is 16.7 Å². The SMILES string of the molecule is OCc1ccc(-c2c(-c3ccccc3)ncn2C2COC3(CCCC3)C2)o1. The zero-order valence-corrected chi connectivity index (χ0v) is 15.3. The van der Waals surface area contributed by atoms with Gasteiger partial charge in [-0.3, -0.25) is 0 Å². The molecule has 3 aromatic rings. The summed E-state index contributed by atoms with van der Waals surface area (Å²) in [6.07, 6.45) is 7.79. The highest BCUT2D eigenvalue weighted by atomic mass is 16.5. The predicted octanol–water partition coefficient (Wildman–Crippen LogP) is 4.58. The quantitative estimate of drug-likeness (QED) is 0.736. The maximum Gasteiger partial charge on any atom is 0.153 e. The first-order valence-corrected chi connectivity index (χ1v) is 9.74. The van der Waals surface area contributed by atoms with Crippen molar-refractivity contribution in [3.63, 3.8) is 0 Å². The van der Waals surface area contributed by atoms with Crippen molar-refractivity contribution in [1.82, 2.24) is 9.55 Å². The van der Waals surface area contributed by atoms with Crippen LogP contribution in [-0.2, 0) is 11.3 Å². The molecule has 0 radical (unpaired) electrons. The zero-order valence-electron chi connectivity index (χ0n) is 15.3. The van der Waals surface area contributed by atoms with Crippen LogP contribution in [-0.4, -0.2) is 26.9 Å². The van der Waals surface area contributed by atoms with E-state index in [9.17, 15) is 5.11 Å². The van der Waals surface area contributed by atoms with Crippen LogP contribution in [0.25, 0.3) is 22.7 Å². The summed E-state index contributed by atoms with van der Waals surface area (Å²) in [7, 11) is 0. The highest BCUT2D eigenvalue weighted by Crippen LogP contribution is 2.46. The Hall–Kier alpha value is -2.37. The molecule has 0 amide bonds. The Morgan fingerprint density at radius 2 is 1.93 bits per heavy atom. The number of hydrogen-bond donors (Lipinski definition) is 1. The van der Waals surface area contributed by atoms with Crippen molar-refractivity contribution >= 4 is 0 Å². The van der Waals surface area contributed by atoms with Crippen molar-refractivity contribution in [3.8, 4) is 22.7 Å². The van der Waals surface area contributed by atoms with Crippen LogP contribution >= 0.6 is 0 Å². The summed E-state index contributed by atoms with van der Waals surface area (Å²) in [6.45, 7) is 0.607. The molecule has 2 aromatic heterocycles. The van der Waals surface area contributed by atoms with Crippen LogP contribution in [0.15, 0.2) is 53.2 Å². The second kappa shape index (κ2) is 6.66. The van der Waals surface area contributed by atoms with E-state index >= 15 is 0 Å². The van der Waals surface area contributed by atoms with E-state index in [0.717, 1.165) is 42.0 Å². The van der Waals surface area contributed by atoms with Gasteiger partial charge in [-0.2, -0.15) is 0 Å². The first-order chi connectivity index (χ1) is 13.3. The molecule has 1 saturated heterocycles. The summed E-state index contributed by atoms with van der Waals surface area (Å²) in [6, 6.07) is 14.2. The standard InChI is InChI=1S/C22H24N2O3/c25-13-18-8-9-19(27-18)21-20(16-6-2-1-3-7-16)23-15-24(21)17-12-22(26-14-17)10-4-5-11-22/h1-3,6-9,15,17,25H,4-5,10-14H2. The molecule has 2 fully saturated rings. The molecule has 1 atom stereocenters. The molecule has 1 N–H and O–H groups in total. The Labute approximate surface area is 158 Å². The topological polar surface area (TPSA) is 60.4 Å². The van der Waals surface area contributed by atoms with Gasteiger partial charge in [-0.05, 0) is 31.4 Å². The maximum absolute atomic E-state index is 9.42. The van der Waals surface area contributed by atoms with E-state index in [0.29, 0.717) is 12.4 Å². The molecule has 1 aliphatic carbocycles. The average molecular weight is 364 g/mol. The van der Waals surface area contributed by atoms with E-state index in [-0.39, 0.29) is 18.2 Å². The van der Waals surface area contributed by atoms with Gasteiger partial charge in [0.2, 0.25) is 0 Å². The van der Waals surface area contributed by atoms with E-state index in [4.69, 9.17) is 14.1 Å². The Morgan fingerprint density at radius 1 is 1.11 bits per heavy atom. The largest absolute Gasteiger partial charge is 0.457 e. The molecule has 1 unspecified atom stereocenters. The Morgan fingerprint density at radius 3 is 2.67 bits per heavy atom.